The van der Waals surface area contributed by atoms with Crippen LogP contribution in [0.25, 0.3) is 0 Å². The third kappa shape index (κ3) is 2.65. The van der Waals surface area contributed by atoms with Crippen molar-refractivity contribution in [1.29, 1.82) is 0 Å². The molecular weight excluding hydrogens is 195 g/mol. The molecule has 2 rings (SSSR count). The second kappa shape index (κ2) is 4.57. The summed E-state index contributed by atoms with van der Waals surface area (Å²) in [5, 5.41) is 3.25. The zero-order valence-electron chi connectivity index (χ0n) is 8.74. The highest BCUT2D eigenvalue weighted by atomic mass is 19.1. The van der Waals surface area contributed by atoms with E-state index in [0.717, 1.165) is 25.5 Å². The van der Waals surface area contributed by atoms with Crippen LogP contribution in [0.15, 0.2) is 18.3 Å². The van der Waals surface area contributed by atoms with Crippen LogP contribution >= 0.6 is 0 Å². The molecule has 0 bridgehead atoms. The molecular formula is C11H15FN2O. The fourth-order valence-corrected chi connectivity index (χ4v) is 1.76. The van der Waals surface area contributed by atoms with Gasteiger partial charge in [-0.25, -0.2) is 9.37 Å². The van der Waals surface area contributed by atoms with Gasteiger partial charge in [0.25, 0.3) is 0 Å². The molecule has 4 heteroatoms. The predicted octanol–water partition coefficient (Wildman–Crippen LogP) is 2.06. The van der Waals surface area contributed by atoms with Crippen molar-refractivity contribution in [2.75, 3.05) is 18.5 Å². The summed E-state index contributed by atoms with van der Waals surface area (Å²) in [6.45, 7) is 3.74. The van der Waals surface area contributed by atoms with Gasteiger partial charge in [0, 0.05) is 18.6 Å². The van der Waals surface area contributed by atoms with Crippen LogP contribution in [-0.2, 0) is 4.74 Å². The Kier molecular flexibility index (Phi) is 3.16. The van der Waals surface area contributed by atoms with Gasteiger partial charge in [0.1, 0.15) is 11.6 Å². The monoisotopic (exact) mass is 210 g/mol. The molecule has 0 saturated carbocycles. The maximum Gasteiger partial charge on any atom is 0.141 e. The average molecular weight is 210 g/mol. The number of rotatable bonds is 3. The number of halogens is 1. The molecule has 1 saturated heterocycles. The Balaban J connectivity index is 1.92. The summed E-state index contributed by atoms with van der Waals surface area (Å²) in [5.74, 6) is 0.935. The van der Waals surface area contributed by atoms with Crippen LogP contribution < -0.4 is 5.32 Å². The van der Waals surface area contributed by atoms with Gasteiger partial charge >= 0.3 is 0 Å². The minimum atomic E-state index is -0.308. The van der Waals surface area contributed by atoms with Gasteiger partial charge in [-0.2, -0.15) is 0 Å². The molecule has 0 radical (unpaired) electrons. The van der Waals surface area contributed by atoms with Gasteiger partial charge in [-0.3, -0.25) is 0 Å². The van der Waals surface area contributed by atoms with Crippen molar-refractivity contribution >= 4 is 5.82 Å². The first-order valence-electron chi connectivity index (χ1n) is 5.21. The third-order valence-electron chi connectivity index (χ3n) is 2.77. The number of nitrogens with zero attached hydrogens (tertiary/aromatic N) is 1. The van der Waals surface area contributed by atoms with E-state index in [1.807, 2.05) is 0 Å². The Morgan fingerprint density at radius 3 is 3.07 bits per heavy atom. The largest absolute Gasteiger partial charge is 0.381 e. The highest BCUT2D eigenvalue weighted by Gasteiger charge is 2.22. The van der Waals surface area contributed by atoms with Gasteiger partial charge in [-0.1, -0.05) is 0 Å². The highest BCUT2D eigenvalue weighted by molar-refractivity contribution is 5.34. The maximum atomic E-state index is 12.6. The normalized spacial score (nSPS) is 22.7. The molecule has 3 nitrogen and oxygen atoms in total. The summed E-state index contributed by atoms with van der Waals surface area (Å²) in [7, 11) is 0. The van der Waals surface area contributed by atoms with E-state index in [1.165, 1.54) is 12.3 Å². The SMILES string of the molecule is CC(Nc1ccc(F)cn1)C1CCOC1. The standard InChI is InChI=1S/C11H15FN2O/c1-8(9-4-5-15-7-9)14-11-3-2-10(12)6-13-11/h2-3,6,8-9H,4-5,7H2,1H3,(H,13,14). The van der Waals surface area contributed by atoms with Crippen LogP contribution in [0.3, 0.4) is 0 Å². The van der Waals surface area contributed by atoms with Crippen LogP contribution in [-0.4, -0.2) is 24.2 Å². The fourth-order valence-electron chi connectivity index (χ4n) is 1.76. The number of hydrogen-bond donors (Lipinski definition) is 1. The number of pyridine rings is 1. The van der Waals surface area contributed by atoms with Crippen molar-refractivity contribution < 1.29 is 9.13 Å². The summed E-state index contributed by atoms with van der Waals surface area (Å²) in [4.78, 5) is 3.96. The Hall–Kier alpha value is -1.16. The first-order valence-corrected chi connectivity index (χ1v) is 5.21. The number of ether oxygens (including phenoxy) is 1. The molecule has 0 aliphatic carbocycles. The maximum absolute atomic E-state index is 12.6. The Bertz CT molecular complexity index is 309. The zero-order valence-corrected chi connectivity index (χ0v) is 8.74. The minimum absolute atomic E-state index is 0.308. The highest BCUT2D eigenvalue weighted by Crippen LogP contribution is 2.19. The summed E-state index contributed by atoms with van der Waals surface area (Å²) in [5.41, 5.74) is 0. The van der Waals surface area contributed by atoms with E-state index < -0.39 is 0 Å². The van der Waals surface area contributed by atoms with Gasteiger partial charge in [-0.05, 0) is 25.5 Å². The summed E-state index contributed by atoms with van der Waals surface area (Å²) < 4.78 is 17.9. The second-order valence-electron chi connectivity index (χ2n) is 3.92. The minimum Gasteiger partial charge on any atom is -0.381 e. The lowest BCUT2D eigenvalue weighted by Gasteiger charge is -2.19. The van der Waals surface area contributed by atoms with E-state index >= 15 is 0 Å². The first-order chi connectivity index (χ1) is 7.25. The fraction of sp³-hybridized carbons (Fsp3) is 0.545. The molecule has 0 aromatic carbocycles. The lowest BCUT2D eigenvalue weighted by molar-refractivity contribution is 0.183. The van der Waals surface area contributed by atoms with Crippen LogP contribution in [0.5, 0.6) is 0 Å². The second-order valence-corrected chi connectivity index (χ2v) is 3.92. The molecule has 1 aromatic heterocycles. The van der Waals surface area contributed by atoms with Crippen molar-refractivity contribution in [3.8, 4) is 0 Å². The Labute approximate surface area is 88.7 Å². The molecule has 2 heterocycles. The van der Waals surface area contributed by atoms with Crippen molar-refractivity contribution in [3.63, 3.8) is 0 Å². The number of anilines is 1. The van der Waals surface area contributed by atoms with Crippen LogP contribution in [0.4, 0.5) is 10.2 Å². The van der Waals surface area contributed by atoms with E-state index in [2.05, 4.69) is 17.2 Å². The van der Waals surface area contributed by atoms with Crippen molar-refractivity contribution in [3.05, 3.63) is 24.1 Å². The van der Waals surface area contributed by atoms with Crippen LogP contribution in [0.1, 0.15) is 13.3 Å². The average Bonchev–Trinajstić information content (AvgIpc) is 2.74. The summed E-state index contributed by atoms with van der Waals surface area (Å²) in [6, 6.07) is 3.37. The number of aromatic nitrogens is 1. The lowest BCUT2D eigenvalue weighted by atomic mass is 10.0. The number of nitrogens with one attached hydrogen (secondary N) is 1. The van der Waals surface area contributed by atoms with E-state index in [-0.39, 0.29) is 5.82 Å². The van der Waals surface area contributed by atoms with Crippen molar-refractivity contribution in [2.24, 2.45) is 5.92 Å². The molecule has 15 heavy (non-hydrogen) atoms. The topological polar surface area (TPSA) is 34.2 Å². The van der Waals surface area contributed by atoms with Gasteiger partial charge in [-0.15, -0.1) is 0 Å². The number of hydrogen-bond acceptors (Lipinski definition) is 3. The Morgan fingerprint density at radius 1 is 1.60 bits per heavy atom. The van der Waals surface area contributed by atoms with Crippen molar-refractivity contribution in [1.82, 2.24) is 4.98 Å². The van der Waals surface area contributed by atoms with E-state index in [0.29, 0.717) is 12.0 Å². The molecule has 0 amide bonds. The molecule has 0 spiro atoms. The Morgan fingerprint density at radius 2 is 2.47 bits per heavy atom. The summed E-state index contributed by atoms with van der Waals surface area (Å²) >= 11 is 0. The van der Waals surface area contributed by atoms with Crippen LogP contribution in [0.2, 0.25) is 0 Å². The molecule has 1 fully saturated rings. The first kappa shape index (κ1) is 10.4. The quantitative estimate of drug-likeness (QED) is 0.829. The van der Waals surface area contributed by atoms with E-state index in [1.54, 1.807) is 6.07 Å². The molecule has 1 aromatic rings. The van der Waals surface area contributed by atoms with E-state index in [4.69, 9.17) is 4.74 Å². The van der Waals surface area contributed by atoms with E-state index in [9.17, 15) is 4.39 Å². The zero-order chi connectivity index (χ0) is 10.7. The van der Waals surface area contributed by atoms with Crippen molar-refractivity contribution in [2.45, 2.75) is 19.4 Å². The van der Waals surface area contributed by atoms with Gasteiger partial charge < -0.3 is 10.1 Å². The van der Waals surface area contributed by atoms with Crippen LogP contribution in [0, 0.1) is 11.7 Å². The lowest BCUT2D eigenvalue weighted by Crippen LogP contribution is -2.26. The predicted molar refractivity (Wildman–Crippen MR) is 56.2 cm³/mol. The summed E-state index contributed by atoms with van der Waals surface area (Å²) in [6.07, 6.45) is 2.30. The molecule has 82 valence electrons. The molecule has 2 unspecified atom stereocenters. The molecule has 2 atom stereocenters. The van der Waals surface area contributed by atoms with Gasteiger partial charge in [0.2, 0.25) is 0 Å². The molecule has 1 aliphatic rings. The third-order valence-corrected chi connectivity index (χ3v) is 2.77. The van der Waals surface area contributed by atoms with Gasteiger partial charge in [0.15, 0.2) is 0 Å². The molecule has 1 N–H and O–H groups in total. The smallest absolute Gasteiger partial charge is 0.141 e. The van der Waals surface area contributed by atoms with Gasteiger partial charge in [0.05, 0.1) is 12.8 Å². The molecule has 1 aliphatic heterocycles.